The highest BCUT2D eigenvalue weighted by molar-refractivity contribution is 6.30. The standard InChI is InChI=1S/C11H9ClN4/c12-10-4-2-9(3-5-10)8-15-16-11-13-6-1-7-14-11/h1-8H,(H,13,14,16)/b15-8+. The Hall–Kier alpha value is -1.94. The highest BCUT2D eigenvalue weighted by Gasteiger charge is 1.90. The quantitative estimate of drug-likeness (QED) is 0.654. The number of halogens is 1. The fourth-order valence-electron chi connectivity index (χ4n) is 1.07. The third kappa shape index (κ3) is 3.03. The van der Waals surface area contributed by atoms with Gasteiger partial charge in [-0.3, -0.25) is 0 Å². The van der Waals surface area contributed by atoms with Crippen LogP contribution in [0.25, 0.3) is 0 Å². The van der Waals surface area contributed by atoms with Crippen molar-refractivity contribution >= 4 is 23.8 Å². The van der Waals surface area contributed by atoms with Crippen molar-refractivity contribution in [3.63, 3.8) is 0 Å². The lowest BCUT2D eigenvalue weighted by molar-refractivity contribution is 1.12. The van der Waals surface area contributed by atoms with Crippen molar-refractivity contribution in [3.05, 3.63) is 53.3 Å². The van der Waals surface area contributed by atoms with Gasteiger partial charge in [0.25, 0.3) is 0 Å². The van der Waals surface area contributed by atoms with E-state index >= 15 is 0 Å². The van der Waals surface area contributed by atoms with Gasteiger partial charge >= 0.3 is 0 Å². The van der Waals surface area contributed by atoms with E-state index < -0.39 is 0 Å². The molecule has 0 aliphatic heterocycles. The van der Waals surface area contributed by atoms with Gasteiger partial charge in [-0.1, -0.05) is 23.7 Å². The Labute approximate surface area is 98.0 Å². The molecule has 0 spiro atoms. The number of hydrazone groups is 1. The predicted octanol–water partition coefficient (Wildman–Crippen LogP) is 2.58. The van der Waals surface area contributed by atoms with Gasteiger partial charge in [0.05, 0.1) is 6.21 Å². The van der Waals surface area contributed by atoms with E-state index in [0.29, 0.717) is 11.0 Å². The third-order valence-corrected chi connectivity index (χ3v) is 2.07. The first kappa shape index (κ1) is 10.6. The number of benzene rings is 1. The molecule has 0 aliphatic rings. The molecule has 0 saturated heterocycles. The molecule has 0 fully saturated rings. The van der Waals surface area contributed by atoms with E-state index in [4.69, 9.17) is 11.6 Å². The van der Waals surface area contributed by atoms with Crippen LogP contribution in [-0.2, 0) is 0 Å². The third-order valence-electron chi connectivity index (χ3n) is 1.81. The van der Waals surface area contributed by atoms with E-state index in [2.05, 4.69) is 20.5 Å². The molecule has 5 heteroatoms. The average Bonchev–Trinajstić information content (AvgIpc) is 2.33. The second-order valence-corrected chi connectivity index (χ2v) is 3.43. The average molecular weight is 233 g/mol. The van der Waals surface area contributed by atoms with E-state index in [1.807, 2.05) is 24.3 Å². The minimum atomic E-state index is 0.465. The van der Waals surface area contributed by atoms with Gasteiger partial charge < -0.3 is 0 Å². The first-order valence-corrected chi connectivity index (χ1v) is 5.04. The van der Waals surface area contributed by atoms with Gasteiger partial charge in [-0.25, -0.2) is 15.4 Å². The highest BCUT2D eigenvalue weighted by atomic mass is 35.5. The minimum absolute atomic E-state index is 0.465. The largest absolute Gasteiger partial charge is 0.245 e. The van der Waals surface area contributed by atoms with Crippen molar-refractivity contribution in [2.24, 2.45) is 5.10 Å². The molecule has 0 amide bonds. The highest BCUT2D eigenvalue weighted by Crippen LogP contribution is 2.07. The maximum Gasteiger partial charge on any atom is 0.243 e. The van der Waals surface area contributed by atoms with E-state index in [1.54, 1.807) is 24.7 Å². The molecule has 2 rings (SSSR count). The number of aromatic nitrogens is 2. The minimum Gasteiger partial charge on any atom is -0.245 e. The van der Waals surface area contributed by atoms with Crippen LogP contribution in [0, 0.1) is 0 Å². The number of rotatable bonds is 3. The molecule has 80 valence electrons. The molecule has 0 aliphatic carbocycles. The van der Waals surface area contributed by atoms with Gasteiger partial charge in [0.15, 0.2) is 0 Å². The van der Waals surface area contributed by atoms with E-state index in [0.717, 1.165) is 5.56 Å². The number of anilines is 1. The molecule has 0 unspecified atom stereocenters. The Balaban J connectivity index is 1.98. The Morgan fingerprint density at radius 3 is 2.50 bits per heavy atom. The van der Waals surface area contributed by atoms with E-state index in [9.17, 15) is 0 Å². The first-order valence-electron chi connectivity index (χ1n) is 4.66. The van der Waals surface area contributed by atoms with Crippen molar-refractivity contribution in [2.75, 3.05) is 5.43 Å². The van der Waals surface area contributed by atoms with Crippen LogP contribution in [-0.4, -0.2) is 16.2 Å². The number of nitrogens with zero attached hydrogens (tertiary/aromatic N) is 3. The summed E-state index contributed by atoms with van der Waals surface area (Å²) in [6.07, 6.45) is 4.97. The summed E-state index contributed by atoms with van der Waals surface area (Å²) in [4.78, 5) is 7.93. The molecule has 16 heavy (non-hydrogen) atoms. The van der Waals surface area contributed by atoms with Gasteiger partial charge in [0.1, 0.15) is 0 Å². The molecule has 0 atom stereocenters. The molecule has 4 nitrogen and oxygen atoms in total. The smallest absolute Gasteiger partial charge is 0.243 e. The van der Waals surface area contributed by atoms with Crippen LogP contribution in [0.3, 0.4) is 0 Å². The number of hydrogen-bond acceptors (Lipinski definition) is 4. The Morgan fingerprint density at radius 1 is 1.12 bits per heavy atom. The summed E-state index contributed by atoms with van der Waals surface area (Å²) < 4.78 is 0. The maximum absolute atomic E-state index is 5.76. The van der Waals surface area contributed by atoms with E-state index in [1.165, 1.54) is 0 Å². The zero-order valence-electron chi connectivity index (χ0n) is 8.34. The number of hydrogen-bond donors (Lipinski definition) is 1. The first-order chi connectivity index (χ1) is 7.84. The number of nitrogens with one attached hydrogen (secondary N) is 1. The van der Waals surface area contributed by atoms with Gasteiger partial charge in [-0.2, -0.15) is 5.10 Å². The molecular formula is C11H9ClN4. The molecule has 2 aromatic rings. The van der Waals surface area contributed by atoms with Crippen LogP contribution in [0.4, 0.5) is 5.95 Å². The summed E-state index contributed by atoms with van der Waals surface area (Å²) >= 11 is 5.76. The van der Waals surface area contributed by atoms with Crippen LogP contribution in [0.2, 0.25) is 5.02 Å². The molecule has 1 aromatic carbocycles. The Morgan fingerprint density at radius 2 is 1.81 bits per heavy atom. The topological polar surface area (TPSA) is 50.2 Å². The lowest BCUT2D eigenvalue weighted by Gasteiger charge is -1.96. The summed E-state index contributed by atoms with van der Waals surface area (Å²) in [7, 11) is 0. The van der Waals surface area contributed by atoms with Crippen molar-refractivity contribution < 1.29 is 0 Å². The van der Waals surface area contributed by atoms with Crippen LogP contribution >= 0.6 is 11.6 Å². The normalized spacial score (nSPS) is 10.6. The summed E-state index contributed by atoms with van der Waals surface area (Å²) in [5.41, 5.74) is 3.67. The maximum atomic E-state index is 5.76. The second-order valence-electron chi connectivity index (χ2n) is 2.99. The zero-order chi connectivity index (χ0) is 11.2. The monoisotopic (exact) mass is 232 g/mol. The predicted molar refractivity (Wildman–Crippen MR) is 64.7 cm³/mol. The molecule has 0 saturated carbocycles. The van der Waals surface area contributed by atoms with Crippen molar-refractivity contribution in [3.8, 4) is 0 Å². The fraction of sp³-hybridized carbons (Fsp3) is 0. The zero-order valence-corrected chi connectivity index (χ0v) is 9.09. The van der Waals surface area contributed by atoms with Gasteiger partial charge in [0, 0.05) is 17.4 Å². The Bertz CT molecular complexity index is 467. The summed E-state index contributed by atoms with van der Waals surface area (Å²) in [6.45, 7) is 0. The molecule has 0 radical (unpaired) electrons. The van der Waals surface area contributed by atoms with Gasteiger partial charge in [0.2, 0.25) is 5.95 Å². The van der Waals surface area contributed by atoms with Crippen molar-refractivity contribution in [1.29, 1.82) is 0 Å². The van der Waals surface area contributed by atoms with Crippen molar-refractivity contribution in [2.45, 2.75) is 0 Å². The molecule has 1 heterocycles. The van der Waals surface area contributed by atoms with Crippen LogP contribution in [0.15, 0.2) is 47.8 Å². The summed E-state index contributed by atoms with van der Waals surface area (Å²) in [5, 5.41) is 4.70. The second kappa shape index (κ2) is 5.23. The summed E-state index contributed by atoms with van der Waals surface area (Å²) in [6, 6.07) is 9.11. The molecule has 1 N–H and O–H groups in total. The molecule has 1 aromatic heterocycles. The van der Waals surface area contributed by atoms with Gasteiger partial charge in [-0.15, -0.1) is 0 Å². The van der Waals surface area contributed by atoms with Gasteiger partial charge in [-0.05, 0) is 23.8 Å². The summed E-state index contributed by atoms with van der Waals surface area (Å²) in [5.74, 6) is 0.465. The molecule has 0 bridgehead atoms. The van der Waals surface area contributed by atoms with Crippen LogP contribution in [0.1, 0.15) is 5.56 Å². The lowest BCUT2D eigenvalue weighted by Crippen LogP contribution is -1.95. The van der Waals surface area contributed by atoms with E-state index in [-0.39, 0.29) is 0 Å². The lowest BCUT2D eigenvalue weighted by atomic mass is 10.2. The Kier molecular flexibility index (Phi) is 3.46. The fourth-order valence-corrected chi connectivity index (χ4v) is 1.20. The van der Waals surface area contributed by atoms with Crippen molar-refractivity contribution in [1.82, 2.24) is 9.97 Å². The van der Waals surface area contributed by atoms with Crippen LogP contribution < -0.4 is 5.43 Å². The van der Waals surface area contributed by atoms with Crippen LogP contribution in [0.5, 0.6) is 0 Å². The molecular weight excluding hydrogens is 224 g/mol. The SMILES string of the molecule is Clc1ccc(/C=N/Nc2ncccn2)cc1.